The smallest absolute Gasteiger partial charge is 0.131 e. The van der Waals surface area contributed by atoms with Crippen LogP contribution in [0.4, 0.5) is 11.5 Å². The first-order valence-corrected chi connectivity index (χ1v) is 5.32. The van der Waals surface area contributed by atoms with Crippen LogP contribution in [0.1, 0.15) is 12.0 Å². The Morgan fingerprint density at radius 1 is 1.40 bits per heavy atom. The second-order valence-electron chi connectivity index (χ2n) is 3.86. The molecule has 0 aromatic carbocycles. The monoisotopic (exact) mass is 207 g/mol. The summed E-state index contributed by atoms with van der Waals surface area (Å²) in [6.45, 7) is 5.61. The first-order chi connectivity index (χ1) is 7.27. The van der Waals surface area contributed by atoms with Gasteiger partial charge in [0.25, 0.3) is 0 Å². The van der Waals surface area contributed by atoms with E-state index in [2.05, 4.69) is 9.88 Å². The molecular formula is C11H17N3O. The molecule has 0 amide bonds. The summed E-state index contributed by atoms with van der Waals surface area (Å²) >= 11 is 0. The molecule has 1 aromatic heterocycles. The van der Waals surface area contributed by atoms with Crippen molar-refractivity contribution in [3.05, 3.63) is 17.8 Å². The van der Waals surface area contributed by atoms with Gasteiger partial charge in [-0.25, -0.2) is 4.98 Å². The number of nitrogens with two attached hydrogens (primary N) is 1. The summed E-state index contributed by atoms with van der Waals surface area (Å²) < 4.78 is 5.42. The highest BCUT2D eigenvalue weighted by Gasteiger charge is 2.13. The van der Waals surface area contributed by atoms with Crippen molar-refractivity contribution in [3.8, 4) is 0 Å². The van der Waals surface area contributed by atoms with Gasteiger partial charge in [-0.3, -0.25) is 0 Å². The van der Waals surface area contributed by atoms with Crippen molar-refractivity contribution in [2.45, 2.75) is 13.3 Å². The molecule has 2 heterocycles. The number of hydrogen-bond acceptors (Lipinski definition) is 4. The summed E-state index contributed by atoms with van der Waals surface area (Å²) in [5.41, 5.74) is 7.54. The molecule has 2 rings (SSSR count). The first-order valence-electron chi connectivity index (χ1n) is 5.32. The van der Waals surface area contributed by atoms with Crippen LogP contribution in [0.25, 0.3) is 0 Å². The molecule has 4 heteroatoms. The molecular weight excluding hydrogens is 190 g/mol. The predicted molar refractivity (Wildman–Crippen MR) is 61.0 cm³/mol. The zero-order valence-corrected chi connectivity index (χ0v) is 9.07. The number of aromatic nitrogens is 1. The largest absolute Gasteiger partial charge is 0.397 e. The lowest BCUT2D eigenvalue weighted by molar-refractivity contribution is 0.152. The van der Waals surface area contributed by atoms with Gasteiger partial charge < -0.3 is 15.4 Å². The van der Waals surface area contributed by atoms with E-state index in [1.165, 1.54) is 0 Å². The minimum Gasteiger partial charge on any atom is -0.397 e. The Bertz CT molecular complexity index is 333. The van der Waals surface area contributed by atoms with Gasteiger partial charge in [-0.1, -0.05) is 0 Å². The molecule has 1 saturated heterocycles. The van der Waals surface area contributed by atoms with Crippen molar-refractivity contribution >= 4 is 11.5 Å². The molecule has 0 unspecified atom stereocenters. The highest BCUT2D eigenvalue weighted by atomic mass is 16.5. The Balaban J connectivity index is 2.19. The maximum atomic E-state index is 5.68. The minimum atomic E-state index is 0.724. The third kappa shape index (κ3) is 2.39. The third-order valence-electron chi connectivity index (χ3n) is 2.59. The molecule has 0 radical (unpaired) electrons. The molecule has 1 aliphatic rings. The van der Waals surface area contributed by atoms with Crippen LogP contribution in [0.2, 0.25) is 0 Å². The number of nitrogen functional groups attached to an aromatic ring is 1. The quantitative estimate of drug-likeness (QED) is 0.751. The molecule has 2 N–H and O–H groups in total. The highest BCUT2D eigenvalue weighted by Crippen LogP contribution is 2.19. The normalized spacial score (nSPS) is 17.5. The lowest BCUT2D eigenvalue weighted by atomic mass is 10.2. The average molecular weight is 207 g/mol. The van der Waals surface area contributed by atoms with Crippen LogP contribution < -0.4 is 10.6 Å². The third-order valence-corrected chi connectivity index (χ3v) is 2.59. The molecule has 0 spiro atoms. The van der Waals surface area contributed by atoms with Crippen LogP contribution in [-0.2, 0) is 4.74 Å². The SMILES string of the molecule is Cc1cc(N)cnc1N1CCCOCC1. The predicted octanol–water partition coefficient (Wildman–Crippen LogP) is 1.20. The van der Waals surface area contributed by atoms with Crippen LogP contribution in [0.3, 0.4) is 0 Å². The van der Waals surface area contributed by atoms with Crippen LogP contribution in [0.15, 0.2) is 12.3 Å². The van der Waals surface area contributed by atoms with E-state index in [1.54, 1.807) is 6.20 Å². The van der Waals surface area contributed by atoms with E-state index < -0.39 is 0 Å². The van der Waals surface area contributed by atoms with Crippen molar-refractivity contribution in [1.82, 2.24) is 4.98 Å². The summed E-state index contributed by atoms with van der Waals surface area (Å²) in [5.74, 6) is 1.04. The van der Waals surface area contributed by atoms with E-state index in [9.17, 15) is 0 Å². The van der Waals surface area contributed by atoms with Crippen molar-refractivity contribution in [2.24, 2.45) is 0 Å². The van der Waals surface area contributed by atoms with E-state index in [-0.39, 0.29) is 0 Å². The first kappa shape index (κ1) is 10.2. The van der Waals surface area contributed by atoms with Gasteiger partial charge in [-0.05, 0) is 25.0 Å². The fourth-order valence-electron chi connectivity index (χ4n) is 1.88. The number of nitrogens with zero attached hydrogens (tertiary/aromatic N) is 2. The summed E-state index contributed by atoms with van der Waals surface area (Å²) in [4.78, 5) is 6.65. The zero-order valence-electron chi connectivity index (χ0n) is 9.07. The number of hydrogen-bond donors (Lipinski definition) is 1. The maximum absolute atomic E-state index is 5.68. The number of pyridine rings is 1. The topological polar surface area (TPSA) is 51.4 Å². The molecule has 0 saturated carbocycles. The lowest BCUT2D eigenvalue weighted by Crippen LogP contribution is -2.27. The molecule has 0 bridgehead atoms. The van der Waals surface area contributed by atoms with E-state index >= 15 is 0 Å². The van der Waals surface area contributed by atoms with Gasteiger partial charge in [0.2, 0.25) is 0 Å². The van der Waals surface area contributed by atoms with Gasteiger partial charge in [0.05, 0.1) is 18.5 Å². The van der Waals surface area contributed by atoms with Crippen molar-refractivity contribution in [3.63, 3.8) is 0 Å². The van der Waals surface area contributed by atoms with E-state index in [4.69, 9.17) is 10.5 Å². The molecule has 1 aromatic rings. The zero-order chi connectivity index (χ0) is 10.7. The molecule has 1 fully saturated rings. The van der Waals surface area contributed by atoms with E-state index in [0.29, 0.717) is 0 Å². The number of anilines is 2. The Labute approximate surface area is 90.0 Å². The highest BCUT2D eigenvalue weighted by molar-refractivity contribution is 5.52. The molecule has 15 heavy (non-hydrogen) atoms. The Kier molecular flexibility index (Phi) is 3.06. The number of rotatable bonds is 1. The number of aryl methyl sites for hydroxylation is 1. The maximum Gasteiger partial charge on any atom is 0.131 e. The Morgan fingerprint density at radius 3 is 3.07 bits per heavy atom. The Hall–Kier alpha value is -1.29. The molecule has 4 nitrogen and oxygen atoms in total. The van der Waals surface area contributed by atoms with Gasteiger partial charge >= 0.3 is 0 Å². The van der Waals surface area contributed by atoms with Crippen LogP contribution in [0, 0.1) is 6.92 Å². The van der Waals surface area contributed by atoms with Gasteiger partial charge in [0, 0.05) is 19.7 Å². The minimum absolute atomic E-state index is 0.724. The molecule has 0 aliphatic carbocycles. The van der Waals surface area contributed by atoms with Crippen LogP contribution in [-0.4, -0.2) is 31.3 Å². The van der Waals surface area contributed by atoms with Gasteiger partial charge in [0.15, 0.2) is 0 Å². The molecule has 0 atom stereocenters. The summed E-state index contributed by atoms with van der Waals surface area (Å²) in [7, 11) is 0. The summed E-state index contributed by atoms with van der Waals surface area (Å²) in [6.07, 6.45) is 2.78. The Morgan fingerprint density at radius 2 is 2.27 bits per heavy atom. The van der Waals surface area contributed by atoms with Crippen molar-refractivity contribution in [1.29, 1.82) is 0 Å². The summed E-state index contributed by atoms with van der Waals surface area (Å²) in [6, 6.07) is 1.97. The summed E-state index contributed by atoms with van der Waals surface area (Å²) in [5, 5.41) is 0. The lowest BCUT2D eigenvalue weighted by Gasteiger charge is -2.22. The standard InChI is InChI=1S/C11H17N3O/c1-9-7-10(12)8-13-11(9)14-3-2-5-15-6-4-14/h7-8H,2-6,12H2,1H3. The van der Waals surface area contributed by atoms with Crippen LogP contribution >= 0.6 is 0 Å². The fraction of sp³-hybridized carbons (Fsp3) is 0.545. The van der Waals surface area contributed by atoms with Gasteiger partial charge in [-0.2, -0.15) is 0 Å². The average Bonchev–Trinajstić information content (AvgIpc) is 2.46. The second-order valence-corrected chi connectivity index (χ2v) is 3.86. The number of ether oxygens (including phenoxy) is 1. The van der Waals surface area contributed by atoms with E-state index in [0.717, 1.165) is 49.8 Å². The second kappa shape index (κ2) is 4.49. The molecule has 82 valence electrons. The van der Waals surface area contributed by atoms with Gasteiger partial charge in [0.1, 0.15) is 5.82 Å². The van der Waals surface area contributed by atoms with Crippen molar-refractivity contribution in [2.75, 3.05) is 36.9 Å². The van der Waals surface area contributed by atoms with E-state index in [1.807, 2.05) is 13.0 Å². The van der Waals surface area contributed by atoms with Crippen molar-refractivity contribution < 1.29 is 4.74 Å². The fourth-order valence-corrected chi connectivity index (χ4v) is 1.88. The van der Waals surface area contributed by atoms with Crippen LogP contribution in [0.5, 0.6) is 0 Å². The van der Waals surface area contributed by atoms with Gasteiger partial charge in [-0.15, -0.1) is 0 Å². The molecule has 1 aliphatic heterocycles.